The lowest BCUT2D eigenvalue weighted by atomic mass is 9.95. The van der Waals surface area contributed by atoms with Crippen LogP contribution in [0.5, 0.6) is 5.75 Å². The van der Waals surface area contributed by atoms with Gasteiger partial charge in [-0.25, -0.2) is 0 Å². The molecule has 0 N–H and O–H groups in total. The van der Waals surface area contributed by atoms with E-state index in [1.54, 1.807) is 11.8 Å². The molecule has 0 saturated carbocycles. The number of rotatable bonds is 3. The first kappa shape index (κ1) is 15.8. The number of ether oxygens (including phenoxy) is 1. The van der Waals surface area contributed by atoms with Crippen LogP contribution in [0.4, 0.5) is 0 Å². The summed E-state index contributed by atoms with van der Waals surface area (Å²) in [4.78, 5) is 27.7. The molecule has 0 radical (unpaired) electrons. The van der Waals surface area contributed by atoms with Crippen LogP contribution in [0.15, 0.2) is 24.3 Å². The number of nitrogens with zero attached hydrogens (tertiary/aromatic N) is 2. The van der Waals surface area contributed by atoms with Gasteiger partial charge in [0.1, 0.15) is 11.9 Å². The Kier molecular flexibility index (Phi) is 4.55. The van der Waals surface area contributed by atoms with E-state index >= 15 is 0 Å². The van der Waals surface area contributed by atoms with Crippen molar-refractivity contribution in [3.8, 4) is 5.75 Å². The minimum absolute atomic E-state index is 0.0485. The number of likely N-dealkylation sites (tertiary alicyclic amines) is 2. The highest BCUT2D eigenvalue weighted by Crippen LogP contribution is 2.24. The van der Waals surface area contributed by atoms with E-state index < -0.39 is 0 Å². The minimum Gasteiger partial charge on any atom is -0.487 e. The number of benzene rings is 1. The Labute approximate surface area is 137 Å². The predicted octanol–water partition coefficient (Wildman–Crippen LogP) is 1.84. The number of amides is 2. The van der Waals surface area contributed by atoms with Crippen LogP contribution in [-0.2, 0) is 9.59 Å². The van der Waals surface area contributed by atoms with Crippen molar-refractivity contribution in [2.24, 2.45) is 5.92 Å². The van der Waals surface area contributed by atoms with Crippen molar-refractivity contribution in [3.05, 3.63) is 29.8 Å². The van der Waals surface area contributed by atoms with Crippen molar-refractivity contribution in [2.75, 3.05) is 26.2 Å². The molecule has 5 nitrogen and oxygen atoms in total. The molecule has 3 rings (SSSR count). The highest BCUT2D eigenvalue weighted by atomic mass is 16.5. The second kappa shape index (κ2) is 6.60. The van der Waals surface area contributed by atoms with E-state index in [0.717, 1.165) is 25.1 Å². The van der Waals surface area contributed by atoms with E-state index in [-0.39, 0.29) is 23.8 Å². The van der Waals surface area contributed by atoms with Gasteiger partial charge in [0.2, 0.25) is 11.8 Å². The fourth-order valence-electron chi connectivity index (χ4n) is 3.30. The number of aryl methyl sites for hydroxylation is 1. The number of carbonyl (C=O) groups excluding carboxylic acids is 2. The smallest absolute Gasteiger partial charge is 0.227 e. The van der Waals surface area contributed by atoms with Crippen molar-refractivity contribution in [2.45, 2.75) is 32.8 Å². The van der Waals surface area contributed by atoms with Gasteiger partial charge in [-0.2, -0.15) is 0 Å². The van der Waals surface area contributed by atoms with E-state index in [2.05, 4.69) is 0 Å². The third-order valence-electron chi connectivity index (χ3n) is 4.67. The minimum atomic E-state index is -0.0485. The Morgan fingerprint density at radius 2 is 1.96 bits per heavy atom. The van der Waals surface area contributed by atoms with Gasteiger partial charge in [-0.05, 0) is 37.5 Å². The second-order valence-corrected chi connectivity index (χ2v) is 6.60. The van der Waals surface area contributed by atoms with Gasteiger partial charge in [-0.3, -0.25) is 9.59 Å². The van der Waals surface area contributed by atoms with Gasteiger partial charge in [-0.15, -0.1) is 0 Å². The van der Waals surface area contributed by atoms with E-state index in [0.29, 0.717) is 19.6 Å². The second-order valence-electron chi connectivity index (χ2n) is 6.60. The van der Waals surface area contributed by atoms with E-state index in [1.165, 1.54) is 5.56 Å². The van der Waals surface area contributed by atoms with Crippen LogP contribution < -0.4 is 4.74 Å². The molecule has 2 saturated heterocycles. The maximum Gasteiger partial charge on any atom is 0.227 e. The molecule has 1 atom stereocenters. The lowest BCUT2D eigenvalue weighted by molar-refractivity contribution is -0.147. The molecule has 2 fully saturated rings. The summed E-state index contributed by atoms with van der Waals surface area (Å²) in [7, 11) is 0. The van der Waals surface area contributed by atoms with E-state index in [9.17, 15) is 9.59 Å². The third-order valence-corrected chi connectivity index (χ3v) is 4.67. The average Bonchev–Trinajstić information content (AvgIpc) is 2.50. The lowest BCUT2D eigenvalue weighted by Crippen LogP contribution is -2.59. The summed E-state index contributed by atoms with van der Waals surface area (Å²) in [6, 6.07) is 7.97. The zero-order chi connectivity index (χ0) is 16.4. The van der Waals surface area contributed by atoms with Gasteiger partial charge in [0.15, 0.2) is 0 Å². The highest BCUT2D eigenvalue weighted by molar-refractivity contribution is 5.81. The van der Waals surface area contributed by atoms with Gasteiger partial charge in [0.25, 0.3) is 0 Å². The molecule has 2 aliphatic heterocycles. The summed E-state index contributed by atoms with van der Waals surface area (Å²) in [6.45, 7) is 6.23. The zero-order valence-corrected chi connectivity index (χ0v) is 13.8. The molecule has 0 aromatic heterocycles. The van der Waals surface area contributed by atoms with Gasteiger partial charge in [0, 0.05) is 20.0 Å². The maximum absolute atomic E-state index is 12.5. The molecule has 1 aromatic rings. The maximum atomic E-state index is 12.5. The molecule has 5 heteroatoms. The molecular weight excluding hydrogens is 292 g/mol. The van der Waals surface area contributed by atoms with Crippen LogP contribution >= 0.6 is 0 Å². The number of piperidine rings is 1. The number of hydrogen-bond acceptors (Lipinski definition) is 3. The van der Waals surface area contributed by atoms with Crippen LogP contribution in [0.1, 0.15) is 25.3 Å². The van der Waals surface area contributed by atoms with Crippen LogP contribution in [0, 0.1) is 12.8 Å². The summed E-state index contributed by atoms with van der Waals surface area (Å²) >= 11 is 0. The molecule has 2 amide bonds. The van der Waals surface area contributed by atoms with Gasteiger partial charge < -0.3 is 14.5 Å². The first-order valence-corrected chi connectivity index (χ1v) is 8.30. The SMILES string of the molecule is CC(=O)N1CCCC(C(=O)N2CC(Oc3cccc(C)c3)C2)C1. The summed E-state index contributed by atoms with van der Waals surface area (Å²) in [6.07, 6.45) is 1.86. The molecule has 0 spiro atoms. The summed E-state index contributed by atoms with van der Waals surface area (Å²) < 4.78 is 5.90. The van der Waals surface area contributed by atoms with Crippen molar-refractivity contribution < 1.29 is 14.3 Å². The fraction of sp³-hybridized carbons (Fsp3) is 0.556. The molecule has 2 aliphatic rings. The average molecular weight is 316 g/mol. The Bertz CT molecular complexity index is 596. The standard InChI is InChI=1S/C18H24N2O3/c1-13-5-3-7-16(9-13)23-17-11-20(12-17)18(22)15-6-4-8-19(10-15)14(2)21/h3,5,7,9,15,17H,4,6,8,10-12H2,1-2H3. The monoisotopic (exact) mass is 316 g/mol. The fourth-order valence-corrected chi connectivity index (χ4v) is 3.30. The third kappa shape index (κ3) is 3.66. The largest absolute Gasteiger partial charge is 0.487 e. The van der Waals surface area contributed by atoms with E-state index in [1.807, 2.05) is 36.1 Å². The Balaban J connectivity index is 1.49. The number of carbonyl (C=O) groups is 2. The van der Waals surface area contributed by atoms with Gasteiger partial charge >= 0.3 is 0 Å². The van der Waals surface area contributed by atoms with Crippen molar-refractivity contribution in [3.63, 3.8) is 0 Å². The molecule has 0 aliphatic carbocycles. The summed E-state index contributed by atoms with van der Waals surface area (Å²) in [5.41, 5.74) is 1.17. The predicted molar refractivity (Wildman–Crippen MR) is 87.2 cm³/mol. The number of hydrogen-bond donors (Lipinski definition) is 0. The molecule has 0 bridgehead atoms. The zero-order valence-electron chi connectivity index (χ0n) is 13.8. The van der Waals surface area contributed by atoms with Crippen molar-refractivity contribution >= 4 is 11.8 Å². The quantitative estimate of drug-likeness (QED) is 0.855. The van der Waals surface area contributed by atoms with Crippen LogP contribution in [0.25, 0.3) is 0 Å². The summed E-state index contributed by atoms with van der Waals surface area (Å²) in [5.74, 6) is 1.04. The molecule has 2 heterocycles. The molecule has 1 aromatic carbocycles. The Morgan fingerprint density at radius 1 is 1.17 bits per heavy atom. The molecular formula is C18H24N2O3. The van der Waals surface area contributed by atoms with Gasteiger partial charge in [0.05, 0.1) is 19.0 Å². The molecule has 23 heavy (non-hydrogen) atoms. The van der Waals surface area contributed by atoms with E-state index in [4.69, 9.17) is 4.74 Å². The lowest BCUT2D eigenvalue weighted by Gasteiger charge is -2.42. The topological polar surface area (TPSA) is 49.9 Å². The molecule has 1 unspecified atom stereocenters. The first-order valence-electron chi connectivity index (χ1n) is 8.30. The van der Waals surface area contributed by atoms with Crippen LogP contribution in [0.2, 0.25) is 0 Å². The van der Waals surface area contributed by atoms with Crippen molar-refractivity contribution in [1.29, 1.82) is 0 Å². The Hall–Kier alpha value is -2.04. The van der Waals surface area contributed by atoms with Crippen LogP contribution in [-0.4, -0.2) is 53.9 Å². The Morgan fingerprint density at radius 3 is 2.65 bits per heavy atom. The highest BCUT2D eigenvalue weighted by Gasteiger charge is 2.37. The van der Waals surface area contributed by atoms with Crippen LogP contribution in [0.3, 0.4) is 0 Å². The van der Waals surface area contributed by atoms with Crippen molar-refractivity contribution in [1.82, 2.24) is 9.80 Å². The first-order chi connectivity index (χ1) is 11.0. The van der Waals surface area contributed by atoms with Gasteiger partial charge in [-0.1, -0.05) is 12.1 Å². The normalized spacial score (nSPS) is 21.7. The summed E-state index contributed by atoms with van der Waals surface area (Å²) in [5, 5.41) is 0. The molecule has 124 valence electrons.